The summed E-state index contributed by atoms with van der Waals surface area (Å²) in [4.78, 5) is 2.25. The Morgan fingerprint density at radius 2 is 1.08 bits per heavy atom. The van der Waals surface area contributed by atoms with E-state index in [-0.39, 0.29) is 6.71 Å². The van der Waals surface area contributed by atoms with E-state index in [2.05, 4.69) is 95.9 Å². The van der Waals surface area contributed by atoms with E-state index in [1.54, 1.807) is 0 Å². The van der Waals surface area contributed by atoms with E-state index in [1.165, 1.54) is 0 Å². The highest BCUT2D eigenvalue weighted by atomic mass is 16.5. The lowest BCUT2D eigenvalue weighted by Crippen LogP contribution is -2.57. The highest BCUT2D eigenvalue weighted by Gasteiger charge is 2.41. The number of furan rings is 2. The van der Waals surface area contributed by atoms with Crippen LogP contribution in [0.25, 0.3) is 43.9 Å². The Morgan fingerprint density at radius 1 is 0.417 bits per heavy atom. The predicted molar refractivity (Wildman–Crippen MR) is 193 cm³/mol. The topological polar surface area (TPSA) is 48.0 Å². The first-order valence-corrected chi connectivity index (χ1v) is 16.1. The molecule has 0 N–H and O–H groups in total. The molecule has 224 valence electrons. The van der Waals surface area contributed by atoms with Crippen molar-refractivity contribution in [1.29, 1.82) is 0 Å². The first-order valence-electron chi connectivity index (χ1n) is 16.1. The fourth-order valence-corrected chi connectivity index (χ4v) is 7.69. The molecule has 2 aliphatic heterocycles. The molecule has 0 atom stereocenters. The minimum absolute atomic E-state index is 0.0696. The van der Waals surface area contributed by atoms with Crippen LogP contribution in [0.15, 0.2) is 154 Å². The predicted octanol–water partition coefficient (Wildman–Crippen LogP) is 9.68. The van der Waals surface area contributed by atoms with Crippen molar-refractivity contribution < 1.29 is 18.3 Å². The standard InChI is InChI=1S/C42H24BNO4/c1-2-10-25(11-3-1)44(33-15-8-14-29-27-12-4-7-17-35(27)48-42(29)33)26-20-21-31-39(22-26)46-36-18-9-19-37-41(36)43(31)32-23-30-28-13-5-6-16-34(28)45-38(30)24-40(32)47-37/h1-24H. The molecule has 11 rings (SSSR count). The third-order valence-corrected chi connectivity index (χ3v) is 9.78. The molecular weight excluding hydrogens is 593 g/mol. The Labute approximate surface area is 275 Å². The molecule has 2 aliphatic rings. The fourth-order valence-electron chi connectivity index (χ4n) is 7.69. The van der Waals surface area contributed by atoms with Crippen LogP contribution in [0, 0.1) is 0 Å². The van der Waals surface area contributed by atoms with Gasteiger partial charge in [0.2, 0.25) is 0 Å². The second kappa shape index (κ2) is 9.56. The lowest BCUT2D eigenvalue weighted by Gasteiger charge is -2.34. The van der Waals surface area contributed by atoms with Gasteiger partial charge in [0.05, 0.1) is 5.69 Å². The van der Waals surface area contributed by atoms with Gasteiger partial charge in [-0.2, -0.15) is 0 Å². The number of hydrogen-bond acceptors (Lipinski definition) is 5. The van der Waals surface area contributed by atoms with Gasteiger partial charge in [0, 0.05) is 50.5 Å². The summed E-state index contributed by atoms with van der Waals surface area (Å²) in [5.41, 5.74) is 9.57. The molecule has 0 saturated heterocycles. The van der Waals surface area contributed by atoms with Gasteiger partial charge in [-0.05, 0) is 59.5 Å². The van der Waals surface area contributed by atoms with Gasteiger partial charge in [-0.3, -0.25) is 0 Å². The van der Waals surface area contributed by atoms with E-state index in [1.807, 2.05) is 54.6 Å². The number of fused-ring (bicyclic) bond motifs is 10. The first-order chi connectivity index (χ1) is 23.8. The molecular formula is C42H24BNO4. The Bertz CT molecular complexity index is 2760. The van der Waals surface area contributed by atoms with Crippen LogP contribution in [0.5, 0.6) is 23.0 Å². The van der Waals surface area contributed by atoms with Crippen LogP contribution < -0.4 is 30.8 Å². The number of ether oxygens (including phenoxy) is 2. The van der Waals surface area contributed by atoms with Gasteiger partial charge >= 0.3 is 0 Å². The maximum atomic E-state index is 6.73. The third kappa shape index (κ3) is 3.57. The molecule has 5 nitrogen and oxygen atoms in total. The van der Waals surface area contributed by atoms with Crippen molar-refractivity contribution in [2.24, 2.45) is 0 Å². The van der Waals surface area contributed by atoms with E-state index in [0.717, 1.165) is 100 Å². The van der Waals surface area contributed by atoms with E-state index in [0.29, 0.717) is 0 Å². The molecule has 48 heavy (non-hydrogen) atoms. The van der Waals surface area contributed by atoms with Crippen molar-refractivity contribution in [2.75, 3.05) is 4.90 Å². The van der Waals surface area contributed by atoms with Gasteiger partial charge in [0.25, 0.3) is 6.71 Å². The first kappa shape index (κ1) is 25.8. The van der Waals surface area contributed by atoms with Crippen molar-refractivity contribution in [3.63, 3.8) is 0 Å². The quantitative estimate of drug-likeness (QED) is 0.185. The van der Waals surface area contributed by atoms with Crippen molar-refractivity contribution in [2.45, 2.75) is 0 Å². The van der Waals surface area contributed by atoms with Crippen molar-refractivity contribution in [1.82, 2.24) is 0 Å². The summed E-state index contributed by atoms with van der Waals surface area (Å²) in [5, 5.41) is 4.35. The van der Waals surface area contributed by atoms with Crippen LogP contribution in [0.1, 0.15) is 0 Å². The van der Waals surface area contributed by atoms with Gasteiger partial charge in [-0.25, -0.2) is 0 Å². The van der Waals surface area contributed by atoms with E-state index >= 15 is 0 Å². The van der Waals surface area contributed by atoms with Crippen LogP contribution in [0.2, 0.25) is 0 Å². The van der Waals surface area contributed by atoms with Gasteiger partial charge in [-0.1, -0.05) is 84.9 Å². The maximum absolute atomic E-state index is 6.73. The van der Waals surface area contributed by atoms with E-state index < -0.39 is 0 Å². The zero-order chi connectivity index (χ0) is 31.3. The van der Waals surface area contributed by atoms with Crippen LogP contribution in [-0.4, -0.2) is 6.71 Å². The van der Waals surface area contributed by atoms with Crippen molar-refractivity contribution >= 4 is 84.0 Å². The van der Waals surface area contributed by atoms with Gasteiger partial charge in [0.15, 0.2) is 5.58 Å². The summed E-state index contributed by atoms with van der Waals surface area (Å²) >= 11 is 0. The zero-order valence-electron chi connectivity index (χ0n) is 25.5. The van der Waals surface area contributed by atoms with Crippen LogP contribution in [0.3, 0.4) is 0 Å². The molecule has 0 amide bonds. The molecule has 6 heteroatoms. The molecule has 0 spiro atoms. The minimum atomic E-state index is -0.0696. The lowest BCUT2D eigenvalue weighted by molar-refractivity contribution is 0.464. The second-order valence-corrected chi connectivity index (χ2v) is 12.4. The Hall–Kier alpha value is -6.40. The molecule has 4 heterocycles. The number of anilines is 3. The highest BCUT2D eigenvalue weighted by Crippen LogP contribution is 2.44. The molecule has 0 fully saturated rings. The molecule has 9 aromatic rings. The molecule has 2 aromatic heterocycles. The molecule has 0 radical (unpaired) electrons. The summed E-state index contributed by atoms with van der Waals surface area (Å²) < 4.78 is 26.0. The SMILES string of the molecule is c1ccc(N(c2ccc3c(c2)Oc2cccc4c2B3c2cc3c(cc2O4)oc2ccccc23)c2cccc3c2oc2ccccc23)cc1. The number of rotatable bonds is 3. The summed E-state index contributed by atoms with van der Waals surface area (Å²) in [7, 11) is 0. The Balaban J connectivity index is 1.12. The highest BCUT2D eigenvalue weighted by molar-refractivity contribution is 6.98. The number of nitrogens with zero attached hydrogens (tertiary/aromatic N) is 1. The summed E-state index contributed by atoms with van der Waals surface area (Å²) in [5.74, 6) is 3.22. The van der Waals surface area contributed by atoms with E-state index in [9.17, 15) is 0 Å². The third-order valence-electron chi connectivity index (χ3n) is 9.78. The molecule has 7 aromatic carbocycles. The van der Waals surface area contributed by atoms with Crippen LogP contribution in [-0.2, 0) is 0 Å². The minimum Gasteiger partial charge on any atom is -0.458 e. The maximum Gasteiger partial charge on any atom is 0.260 e. The monoisotopic (exact) mass is 617 g/mol. The normalized spacial score (nSPS) is 12.9. The smallest absolute Gasteiger partial charge is 0.260 e. The summed E-state index contributed by atoms with van der Waals surface area (Å²) in [6.45, 7) is -0.0696. The van der Waals surface area contributed by atoms with Crippen molar-refractivity contribution in [3.8, 4) is 23.0 Å². The van der Waals surface area contributed by atoms with Crippen molar-refractivity contribution in [3.05, 3.63) is 146 Å². The zero-order valence-corrected chi connectivity index (χ0v) is 25.5. The second-order valence-electron chi connectivity index (χ2n) is 12.4. The average molecular weight is 617 g/mol. The average Bonchev–Trinajstić information content (AvgIpc) is 3.69. The van der Waals surface area contributed by atoms with Crippen LogP contribution >= 0.6 is 0 Å². The molecule has 0 aliphatic carbocycles. The largest absolute Gasteiger partial charge is 0.458 e. The Morgan fingerprint density at radius 3 is 1.90 bits per heavy atom. The van der Waals surface area contributed by atoms with Gasteiger partial charge in [-0.15, -0.1) is 0 Å². The molecule has 0 bridgehead atoms. The number of hydrogen-bond donors (Lipinski definition) is 0. The molecule has 0 unspecified atom stereocenters. The summed E-state index contributed by atoms with van der Waals surface area (Å²) in [6, 6.07) is 50.0. The van der Waals surface area contributed by atoms with Crippen LogP contribution in [0.4, 0.5) is 17.1 Å². The fraction of sp³-hybridized carbons (Fsp3) is 0. The molecule has 0 saturated carbocycles. The summed E-state index contributed by atoms with van der Waals surface area (Å²) in [6.07, 6.45) is 0. The van der Waals surface area contributed by atoms with Gasteiger partial charge < -0.3 is 23.2 Å². The number of para-hydroxylation sites is 4. The number of benzene rings is 7. The lowest BCUT2D eigenvalue weighted by atomic mass is 9.35. The van der Waals surface area contributed by atoms with Gasteiger partial charge in [0.1, 0.15) is 39.7 Å². The van der Waals surface area contributed by atoms with E-state index in [4.69, 9.17) is 18.3 Å². The Kier molecular flexibility index (Phi) is 5.13.